The SMILES string of the molecule is N/C(=N\O)c1ccc(COc2ccc(F)cc2F)c(F)c1. The molecule has 2 aromatic rings. The van der Waals surface area contributed by atoms with Crippen LogP contribution in [-0.4, -0.2) is 11.0 Å². The first-order valence-electron chi connectivity index (χ1n) is 5.85. The van der Waals surface area contributed by atoms with E-state index in [1.54, 1.807) is 0 Å². The molecule has 0 unspecified atom stereocenters. The molecule has 2 rings (SSSR count). The van der Waals surface area contributed by atoms with E-state index in [4.69, 9.17) is 15.7 Å². The minimum atomic E-state index is -0.872. The zero-order valence-corrected chi connectivity index (χ0v) is 10.7. The lowest BCUT2D eigenvalue weighted by Gasteiger charge is -2.09. The number of ether oxygens (including phenoxy) is 1. The van der Waals surface area contributed by atoms with Gasteiger partial charge in [0.05, 0.1) is 0 Å². The highest BCUT2D eigenvalue weighted by Crippen LogP contribution is 2.20. The van der Waals surface area contributed by atoms with Gasteiger partial charge in [-0.05, 0) is 18.2 Å². The van der Waals surface area contributed by atoms with Gasteiger partial charge in [-0.3, -0.25) is 0 Å². The van der Waals surface area contributed by atoms with Crippen LogP contribution in [-0.2, 0) is 6.61 Å². The third-order valence-electron chi connectivity index (χ3n) is 2.73. The molecule has 21 heavy (non-hydrogen) atoms. The highest BCUT2D eigenvalue weighted by molar-refractivity contribution is 5.97. The molecule has 0 atom stereocenters. The third kappa shape index (κ3) is 3.44. The maximum Gasteiger partial charge on any atom is 0.170 e. The molecule has 0 spiro atoms. The van der Waals surface area contributed by atoms with Gasteiger partial charge in [-0.2, -0.15) is 0 Å². The summed E-state index contributed by atoms with van der Waals surface area (Å²) in [6.45, 7) is -0.245. The van der Waals surface area contributed by atoms with Gasteiger partial charge in [0.1, 0.15) is 18.2 Å². The van der Waals surface area contributed by atoms with E-state index >= 15 is 0 Å². The van der Waals surface area contributed by atoms with Crippen molar-refractivity contribution in [3.05, 3.63) is 65.0 Å². The molecular weight excluding hydrogens is 285 g/mol. The quantitative estimate of drug-likeness (QED) is 0.394. The second-order valence-electron chi connectivity index (χ2n) is 4.15. The van der Waals surface area contributed by atoms with Crippen molar-refractivity contribution < 1.29 is 23.1 Å². The Morgan fingerprint density at radius 3 is 2.48 bits per heavy atom. The van der Waals surface area contributed by atoms with Gasteiger partial charge in [0, 0.05) is 17.2 Å². The fourth-order valence-corrected chi connectivity index (χ4v) is 1.63. The summed E-state index contributed by atoms with van der Waals surface area (Å²) in [5.74, 6) is -2.67. The van der Waals surface area contributed by atoms with Crippen molar-refractivity contribution in [2.45, 2.75) is 6.61 Å². The number of nitrogens with zero attached hydrogens (tertiary/aromatic N) is 1. The Bertz CT molecular complexity index is 690. The summed E-state index contributed by atoms with van der Waals surface area (Å²) >= 11 is 0. The van der Waals surface area contributed by atoms with Crippen LogP contribution in [0.25, 0.3) is 0 Å². The van der Waals surface area contributed by atoms with E-state index in [-0.39, 0.29) is 29.3 Å². The number of nitrogens with two attached hydrogens (primary N) is 1. The minimum Gasteiger partial charge on any atom is -0.486 e. The molecule has 0 aliphatic carbocycles. The van der Waals surface area contributed by atoms with Crippen LogP contribution in [0.15, 0.2) is 41.6 Å². The number of hydrogen-bond donors (Lipinski definition) is 2. The van der Waals surface area contributed by atoms with Gasteiger partial charge >= 0.3 is 0 Å². The summed E-state index contributed by atoms with van der Waals surface area (Å²) in [5, 5.41) is 11.3. The summed E-state index contributed by atoms with van der Waals surface area (Å²) < 4.78 is 45.0. The Labute approximate surface area is 118 Å². The van der Waals surface area contributed by atoms with Gasteiger partial charge < -0.3 is 15.7 Å². The molecule has 0 heterocycles. The summed E-state index contributed by atoms with van der Waals surface area (Å²) in [6, 6.07) is 6.69. The van der Waals surface area contributed by atoms with E-state index in [0.717, 1.165) is 18.2 Å². The summed E-state index contributed by atoms with van der Waals surface area (Å²) in [6.07, 6.45) is 0. The molecule has 0 saturated heterocycles. The zero-order valence-electron chi connectivity index (χ0n) is 10.7. The standard InChI is InChI=1S/C14H11F3N2O2/c15-10-3-4-13(12(17)6-10)21-7-9-2-1-8(5-11(9)16)14(18)19-20/h1-6,20H,7H2,(H2,18,19). The summed E-state index contributed by atoms with van der Waals surface area (Å²) in [7, 11) is 0. The molecule has 110 valence electrons. The molecule has 0 fully saturated rings. The molecule has 7 heteroatoms. The number of oxime groups is 1. The second kappa shape index (κ2) is 6.17. The van der Waals surface area contributed by atoms with Crippen LogP contribution >= 0.6 is 0 Å². The lowest BCUT2D eigenvalue weighted by atomic mass is 10.1. The summed E-state index contributed by atoms with van der Waals surface area (Å²) in [4.78, 5) is 0. The molecule has 0 amide bonds. The lowest BCUT2D eigenvalue weighted by Crippen LogP contribution is -2.13. The third-order valence-corrected chi connectivity index (χ3v) is 2.73. The van der Waals surface area contributed by atoms with Gasteiger partial charge in [-0.25, -0.2) is 13.2 Å². The van der Waals surface area contributed by atoms with Crippen LogP contribution in [0.1, 0.15) is 11.1 Å². The molecule has 0 aliphatic rings. The van der Waals surface area contributed by atoms with Crippen molar-refractivity contribution in [2.75, 3.05) is 0 Å². The fourth-order valence-electron chi connectivity index (χ4n) is 1.63. The number of benzene rings is 2. The molecule has 0 aromatic heterocycles. The van der Waals surface area contributed by atoms with Gasteiger partial charge in [0.25, 0.3) is 0 Å². The molecular formula is C14H11F3N2O2. The van der Waals surface area contributed by atoms with E-state index in [1.165, 1.54) is 12.1 Å². The smallest absolute Gasteiger partial charge is 0.170 e. The van der Waals surface area contributed by atoms with Crippen molar-refractivity contribution in [3.63, 3.8) is 0 Å². The predicted octanol–water partition coefficient (Wildman–Crippen LogP) is 2.78. The van der Waals surface area contributed by atoms with Crippen molar-refractivity contribution in [1.29, 1.82) is 0 Å². The van der Waals surface area contributed by atoms with Crippen LogP contribution in [0, 0.1) is 17.5 Å². The van der Waals surface area contributed by atoms with Crippen molar-refractivity contribution in [1.82, 2.24) is 0 Å². The van der Waals surface area contributed by atoms with Crippen LogP contribution in [0.5, 0.6) is 5.75 Å². The van der Waals surface area contributed by atoms with Crippen LogP contribution in [0.2, 0.25) is 0 Å². The second-order valence-corrected chi connectivity index (χ2v) is 4.15. The van der Waals surface area contributed by atoms with E-state index < -0.39 is 17.5 Å². The fraction of sp³-hybridized carbons (Fsp3) is 0.0714. The Kier molecular flexibility index (Phi) is 4.32. The average Bonchev–Trinajstić information content (AvgIpc) is 2.46. The minimum absolute atomic E-state index is 0.146. The molecule has 3 N–H and O–H groups in total. The molecule has 0 bridgehead atoms. The normalized spacial score (nSPS) is 11.5. The maximum atomic E-state index is 13.8. The van der Waals surface area contributed by atoms with Gasteiger partial charge in [0.15, 0.2) is 17.4 Å². The number of rotatable bonds is 4. The van der Waals surface area contributed by atoms with E-state index in [9.17, 15) is 13.2 Å². The molecule has 0 saturated carbocycles. The topological polar surface area (TPSA) is 67.8 Å². The molecule has 0 aliphatic heterocycles. The average molecular weight is 296 g/mol. The molecule has 0 radical (unpaired) electrons. The van der Waals surface area contributed by atoms with Crippen LogP contribution in [0.4, 0.5) is 13.2 Å². The lowest BCUT2D eigenvalue weighted by molar-refractivity contribution is 0.284. The van der Waals surface area contributed by atoms with Crippen molar-refractivity contribution in [3.8, 4) is 5.75 Å². The first-order valence-corrected chi connectivity index (χ1v) is 5.85. The van der Waals surface area contributed by atoms with Gasteiger partial charge in [0.2, 0.25) is 0 Å². The number of hydrogen-bond acceptors (Lipinski definition) is 3. The Morgan fingerprint density at radius 2 is 1.86 bits per heavy atom. The highest BCUT2D eigenvalue weighted by Gasteiger charge is 2.09. The molecule has 2 aromatic carbocycles. The first-order chi connectivity index (χ1) is 10.0. The predicted molar refractivity (Wildman–Crippen MR) is 69.6 cm³/mol. The van der Waals surface area contributed by atoms with Crippen LogP contribution < -0.4 is 10.5 Å². The zero-order chi connectivity index (χ0) is 15.4. The molecule has 4 nitrogen and oxygen atoms in total. The van der Waals surface area contributed by atoms with Gasteiger partial charge in [-0.15, -0.1) is 0 Å². The first kappa shape index (κ1) is 14.7. The van der Waals surface area contributed by atoms with E-state index in [2.05, 4.69) is 5.16 Å². The Balaban J connectivity index is 2.13. The largest absolute Gasteiger partial charge is 0.486 e. The highest BCUT2D eigenvalue weighted by atomic mass is 19.1. The van der Waals surface area contributed by atoms with Crippen molar-refractivity contribution >= 4 is 5.84 Å². The van der Waals surface area contributed by atoms with E-state index in [1.807, 2.05) is 0 Å². The van der Waals surface area contributed by atoms with Gasteiger partial charge in [-0.1, -0.05) is 17.3 Å². The number of amidine groups is 1. The van der Waals surface area contributed by atoms with E-state index in [0.29, 0.717) is 6.07 Å². The van der Waals surface area contributed by atoms with Crippen molar-refractivity contribution in [2.24, 2.45) is 10.9 Å². The Hall–Kier alpha value is -2.70. The monoisotopic (exact) mass is 296 g/mol. The summed E-state index contributed by atoms with van der Waals surface area (Å²) in [5.41, 5.74) is 5.68. The number of halogens is 3. The Morgan fingerprint density at radius 1 is 1.10 bits per heavy atom. The maximum absolute atomic E-state index is 13.8. The van der Waals surface area contributed by atoms with Crippen LogP contribution in [0.3, 0.4) is 0 Å².